The smallest absolute Gasteiger partial charge is 0.240 e. The normalized spacial score (nSPS) is 22.0. The van der Waals surface area contributed by atoms with E-state index in [2.05, 4.69) is 17.0 Å². The highest BCUT2D eigenvalue weighted by molar-refractivity contribution is 7.89. The lowest BCUT2D eigenvalue weighted by Gasteiger charge is -2.28. The maximum atomic E-state index is 12.9. The fourth-order valence-electron chi connectivity index (χ4n) is 5.26. The Labute approximate surface area is 208 Å². The second kappa shape index (κ2) is 10.5. The molecule has 2 amide bonds. The van der Waals surface area contributed by atoms with Gasteiger partial charge in [-0.2, -0.15) is 0 Å². The molecule has 7 nitrogen and oxygen atoms in total. The van der Waals surface area contributed by atoms with E-state index in [1.165, 1.54) is 12.5 Å². The molecule has 4 rings (SSSR count). The predicted molar refractivity (Wildman–Crippen MR) is 138 cm³/mol. The highest BCUT2D eigenvalue weighted by Gasteiger charge is 2.31. The largest absolute Gasteiger partial charge is 0.326 e. The van der Waals surface area contributed by atoms with E-state index in [9.17, 15) is 18.0 Å². The summed E-state index contributed by atoms with van der Waals surface area (Å²) in [5, 5.41) is 3.01. The van der Waals surface area contributed by atoms with Gasteiger partial charge in [0.25, 0.3) is 0 Å². The van der Waals surface area contributed by atoms with Crippen LogP contribution in [-0.4, -0.2) is 32.8 Å². The number of carbonyl (C=O) groups is 2. The number of rotatable bonds is 7. The van der Waals surface area contributed by atoms with E-state index in [1.54, 1.807) is 23.1 Å². The Kier molecular flexibility index (Phi) is 7.62. The first kappa shape index (κ1) is 25.4. The van der Waals surface area contributed by atoms with Crippen molar-refractivity contribution in [3.8, 4) is 0 Å². The Morgan fingerprint density at radius 2 is 1.71 bits per heavy atom. The molecule has 35 heavy (non-hydrogen) atoms. The molecule has 0 unspecified atom stereocenters. The van der Waals surface area contributed by atoms with Gasteiger partial charge in [0.1, 0.15) is 0 Å². The lowest BCUT2D eigenvalue weighted by Crippen LogP contribution is -2.34. The van der Waals surface area contributed by atoms with Gasteiger partial charge >= 0.3 is 0 Å². The molecule has 2 aliphatic rings. The van der Waals surface area contributed by atoms with Crippen LogP contribution in [0.1, 0.15) is 57.6 Å². The van der Waals surface area contributed by atoms with Crippen molar-refractivity contribution in [1.29, 1.82) is 0 Å². The molecule has 0 aromatic heterocycles. The summed E-state index contributed by atoms with van der Waals surface area (Å²) in [5.41, 5.74) is 3.73. The van der Waals surface area contributed by atoms with E-state index >= 15 is 0 Å². The summed E-state index contributed by atoms with van der Waals surface area (Å²) in [5.74, 6) is 0.167. The minimum atomic E-state index is -3.65. The second-order valence-corrected chi connectivity index (χ2v) is 11.6. The number of anilines is 2. The van der Waals surface area contributed by atoms with Crippen molar-refractivity contribution in [2.24, 2.45) is 11.8 Å². The molecule has 0 saturated heterocycles. The van der Waals surface area contributed by atoms with Crippen LogP contribution in [0.15, 0.2) is 47.4 Å². The van der Waals surface area contributed by atoms with Crippen LogP contribution in [0.3, 0.4) is 0 Å². The van der Waals surface area contributed by atoms with Gasteiger partial charge in [0, 0.05) is 36.8 Å². The number of carbonyl (C=O) groups excluding carboxylic acids is 2. The van der Waals surface area contributed by atoms with Crippen LogP contribution in [0.25, 0.3) is 0 Å². The molecular weight excluding hydrogens is 462 g/mol. The third-order valence-corrected chi connectivity index (χ3v) is 8.75. The number of amides is 2. The SMILES string of the molecule is CCc1ccc(NC(=O)C2CCC(CNS(=O)(=O)c3ccc4c(c3)C[C@@H](C)N4C(C)=O)CC2)cc1. The summed E-state index contributed by atoms with van der Waals surface area (Å²) in [6, 6.07) is 12.9. The standard InChI is InChI=1S/C27H35N3O4S/c1-4-20-7-11-24(12-8-20)29-27(32)22-9-5-21(6-10-22)17-28-35(33,34)25-13-14-26-23(16-25)15-18(2)30(26)19(3)31/h7-8,11-14,16,18,21-22,28H,4-6,9-10,15,17H2,1-3H3,(H,29,32)/t18-,21?,22?/m1/s1. The van der Waals surface area contributed by atoms with Crippen LogP contribution in [0.5, 0.6) is 0 Å². The van der Waals surface area contributed by atoms with E-state index in [1.807, 2.05) is 31.2 Å². The first-order chi connectivity index (χ1) is 16.7. The molecule has 0 radical (unpaired) electrons. The first-order valence-corrected chi connectivity index (χ1v) is 14.0. The Hall–Kier alpha value is -2.71. The monoisotopic (exact) mass is 497 g/mol. The summed E-state index contributed by atoms with van der Waals surface area (Å²) >= 11 is 0. The van der Waals surface area contributed by atoms with E-state index in [4.69, 9.17) is 0 Å². The lowest BCUT2D eigenvalue weighted by atomic mass is 9.81. The molecule has 0 bridgehead atoms. The molecule has 1 atom stereocenters. The molecule has 1 heterocycles. The third-order valence-electron chi connectivity index (χ3n) is 7.33. The molecule has 1 fully saturated rings. The number of sulfonamides is 1. The lowest BCUT2D eigenvalue weighted by molar-refractivity contribution is -0.121. The molecule has 1 aliphatic heterocycles. The highest BCUT2D eigenvalue weighted by atomic mass is 32.2. The van der Waals surface area contributed by atoms with Crippen LogP contribution >= 0.6 is 0 Å². The number of hydrogen-bond acceptors (Lipinski definition) is 4. The summed E-state index contributed by atoms with van der Waals surface area (Å²) in [6.45, 7) is 5.95. The second-order valence-electron chi connectivity index (χ2n) is 9.84. The number of aryl methyl sites for hydroxylation is 1. The first-order valence-electron chi connectivity index (χ1n) is 12.5. The Balaban J connectivity index is 1.28. The Bertz CT molecular complexity index is 1190. The number of nitrogens with zero attached hydrogens (tertiary/aromatic N) is 1. The zero-order valence-corrected chi connectivity index (χ0v) is 21.5. The van der Waals surface area contributed by atoms with Gasteiger partial charge < -0.3 is 10.2 Å². The molecule has 0 spiro atoms. The Morgan fingerprint density at radius 1 is 1.03 bits per heavy atom. The van der Waals surface area contributed by atoms with E-state index in [-0.39, 0.29) is 34.6 Å². The number of hydrogen-bond donors (Lipinski definition) is 2. The fourth-order valence-corrected chi connectivity index (χ4v) is 6.43. The van der Waals surface area contributed by atoms with Gasteiger partial charge in [-0.3, -0.25) is 9.59 Å². The molecular formula is C27H35N3O4S. The average molecular weight is 498 g/mol. The molecule has 1 aliphatic carbocycles. The van der Waals surface area contributed by atoms with Crippen molar-refractivity contribution in [3.05, 3.63) is 53.6 Å². The zero-order chi connectivity index (χ0) is 25.2. The van der Waals surface area contributed by atoms with Gasteiger partial charge in [0.2, 0.25) is 21.8 Å². The zero-order valence-electron chi connectivity index (χ0n) is 20.7. The van der Waals surface area contributed by atoms with Crippen molar-refractivity contribution in [3.63, 3.8) is 0 Å². The predicted octanol–water partition coefficient (Wildman–Crippen LogP) is 4.27. The quantitative estimate of drug-likeness (QED) is 0.597. The van der Waals surface area contributed by atoms with Crippen LogP contribution in [-0.2, 0) is 32.5 Å². The summed E-state index contributed by atoms with van der Waals surface area (Å²) in [4.78, 5) is 26.5. The molecule has 188 valence electrons. The van der Waals surface area contributed by atoms with Crippen molar-refractivity contribution in [2.75, 3.05) is 16.8 Å². The van der Waals surface area contributed by atoms with Crippen LogP contribution in [0, 0.1) is 11.8 Å². The van der Waals surface area contributed by atoms with Crippen molar-refractivity contribution >= 4 is 33.2 Å². The number of fused-ring (bicyclic) bond motifs is 1. The van der Waals surface area contributed by atoms with Crippen molar-refractivity contribution in [1.82, 2.24) is 4.72 Å². The van der Waals surface area contributed by atoms with Crippen molar-refractivity contribution in [2.45, 2.75) is 70.2 Å². The van der Waals surface area contributed by atoms with Gasteiger partial charge in [-0.05, 0) is 92.8 Å². The van der Waals surface area contributed by atoms with Crippen LogP contribution in [0.2, 0.25) is 0 Å². The summed E-state index contributed by atoms with van der Waals surface area (Å²) in [6.07, 6.45) is 4.74. The third kappa shape index (κ3) is 5.76. The maximum Gasteiger partial charge on any atom is 0.240 e. The average Bonchev–Trinajstić information content (AvgIpc) is 3.18. The molecule has 2 aromatic carbocycles. The summed E-state index contributed by atoms with van der Waals surface area (Å²) < 4.78 is 28.6. The van der Waals surface area contributed by atoms with Crippen molar-refractivity contribution < 1.29 is 18.0 Å². The molecule has 2 N–H and O–H groups in total. The fraction of sp³-hybridized carbons (Fsp3) is 0.481. The molecule has 8 heteroatoms. The minimum absolute atomic E-state index is 0.0245. The number of benzene rings is 2. The van der Waals surface area contributed by atoms with Crippen LogP contribution in [0.4, 0.5) is 11.4 Å². The molecule has 2 aromatic rings. The van der Waals surface area contributed by atoms with E-state index in [0.717, 1.165) is 49.0 Å². The van der Waals surface area contributed by atoms with E-state index in [0.29, 0.717) is 13.0 Å². The van der Waals surface area contributed by atoms with Gasteiger partial charge in [0.05, 0.1) is 4.90 Å². The Morgan fingerprint density at radius 3 is 2.34 bits per heavy atom. The van der Waals surface area contributed by atoms with E-state index < -0.39 is 10.0 Å². The topological polar surface area (TPSA) is 95.6 Å². The molecule has 1 saturated carbocycles. The van der Waals surface area contributed by atoms with Gasteiger partial charge in [0.15, 0.2) is 0 Å². The maximum absolute atomic E-state index is 12.9. The number of nitrogens with one attached hydrogen (secondary N) is 2. The summed E-state index contributed by atoms with van der Waals surface area (Å²) in [7, 11) is -3.65. The van der Waals surface area contributed by atoms with Gasteiger partial charge in [-0.1, -0.05) is 19.1 Å². The van der Waals surface area contributed by atoms with Gasteiger partial charge in [-0.25, -0.2) is 13.1 Å². The highest BCUT2D eigenvalue weighted by Crippen LogP contribution is 2.34. The minimum Gasteiger partial charge on any atom is -0.326 e. The van der Waals surface area contributed by atoms with Crippen LogP contribution < -0.4 is 14.9 Å². The van der Waals surface area contributed by atoms with Gasteiger partial charge in [-0.15, -0.1) is 0 Å².